The molecule has 0 saturated carbocycles. The van der Waals surface area contributed by atoms with Gasteiger partial charge in [-0.15, -0.1) is 0 Å². The summed E-state index contributed by atoms with van der Waals surface area (Å²) >= 11 is 0. The summed E-state index contributed by atoms with van der Waals surface area (Å²) in [4.78, 5) is 38.2. The van der Waals surface area contributed by atoms with Gasteiger partial charge < -0.3 is 20.7 Å². The molecule has 36 heavy (non-hydrogen) atoms. The molecule has 0 fully saturated rings. The Morgan fingerprint density at radius 3 is 1.53 bits per heavy atom. The van der Waals surface area contributed by atoms with Gasteiger partial charge in [-0.1, -0.05) is 59.7 Å². The Hall–Kier alpha value is -4.13. The van der Waals surface area contributed by atoms with Crippen LogP contribution >= 0.6 is 0 Å². The lowest BCUT2D eigenvalue weighted by molar-refractivity contribution is -0.123. The van der Waals surface area contributed by atoms with Gasteiger partial charge in [0.15, 0.2) is 0 Å². The van der Waals surface area contributed by atoms with Gasteiger partial charge >= 0.3 is 0 Å². The molecule has 3 aromatic rings. The lowest BCUT2D eigenvalue weighted by Crippen LogP contribution is -2.29. The molecule has 3 amide bonds. The predicted molar refractivity (Wildman–Crippen MR) is 144 cm³/mol. The molecule has 3 N–H and O–H groups in total. The van der Waals surface area contributed by atoms with Crippen molar-refractivity contribution in [3.8, 4) is 11.5 Å². The fourth-order valence-corrected chi connectivity index (χ4v) is 2.97. The maximum atomic E-state index is 13.1. The molecular formula is C29H33N3O4. The lowest BCUT2D eigenvalue weighted by atomic mass is 9.95. The summed E-state index contributed by atoms with van der Waals surface area (Å²) in [5.41, 5.74) is 0.435. The average molecular weight is 488 g/mol. The Balaban J connectivity index is 1.81. The van der Waals surface area contributed by atoms with Crippen molar-refractivity contribution in [1.82, 2.24) is 0 Å². The van der Waals surface area contributed by atoms with E-state index in [-0.39, 0.29) is 23.3 Å². The number of amides is 3. The molecule has 0 aliphatic heterocycles. The van der Waals surface area contributed by atoms with E-state index < -0.39 is 10.8 Å². The molecule has 7 nitrogen and oxygen atoms in total. The summed E-state index contributed by atoms with van der Waals surface area (Å²) in [5, 5.41) is 8.53. The summed E-state index contributed by atoms with van der Waals surface area (Å²) in [6.07, 6.45) is 0. The largest absolute Gasteiger partial charge is 0.457 e. The van der Waals surface area contributed by atoms with Crippen LogP contribution in [-0.4, -0.2) is 17.7 Å². The number of hydrogen-bond donors (Lipinski definition) is 3. The van der Waals surface area contributed by atoms with Crippen LogP contribution in [0.15, 0.2) is 72.8 Å². The zero-order valence-corrected chi connectivity index (χ0v) is 21.6. The van der Waals surface area contributed by atoms with Crippen molar-refractivity contribution in [1.29, 1.82) is 0 Å². The second-order valence-corrected chi connectivity index (χ2v) is 10.6. The molecule has 188 valence electrons. The van der Waals surface area contributed by atoms with E-state index in [9.17, 15) is 14.4 Å². The van der Waals surface area contributed by atoms with Crippen LogP contribution < -0.4 is 20.7 Å². The molecule has 0 unspecified atom stereocenters. The maximum Gasteiger partial charge on any atom is 0.255 e. The van der Waals surface area contributed by atoms with Crippen LogP contribution in [0.3, 0.4) is 0 Å². The first-order valence-electron chi connectivity index (χ1n) is 11.7. The number of carbonyl (C=O) groups is 3. The van der Waals surface area contributed by atoms with Crippen molar-refractivity contribution >= 4 is 34.8 Å². The van der Waals surface area contributed by atoms with Crippen molar-refractivity contribution in [3.05, 3.63) is 78.4 Å². The highest BCUT2D eigenvalue weighted by Gasteiger charge is 2.24. The van der Waals surface area contributed by atoms with E-state index in [0.717, 1.165) is 0 Å². The molecule has 0 spiro atoms. The van der Waals surface area contributed by atoms with E-state index in [1.54, 1.807) is 84.0 Å². The molecule has 0 saturated heterocycles. The second kappa shape index (κ2) is 10.6. The first kappa shape index (κ1) is 26.5. The Labute approximate surface area is 212 Å². The van der Waals surface area contributed by atoms with Gasteiger partial charge in [0, 0.05) is 33.5 Å². The third-order valence-corrected chi connectivity index (χ3v) is 5.16. The normalized spacial score (nSPS) is 11.4. The predicted octanol–water partition coefficient (Wildman–Crippen LogP) is 6.70. The SMILES string of the molecule is CC(C)(C)C(=O)Nc1cc(NC(=O)C(C)(C)C)cc(C(=O)Nc2ccc(Oc3ccccc3)cc2)c1. The van der Waals surface area contributed by atoms with E-state index in [1.807, 2.05) is 30.3 Å². The highest BCUT2D eigenvalue weighted by atomic mass is 16.5. The molecule has 0 aliphatic rings. The fourth-order valence-electron chi connectivity index (χ4n) is 2.97. The molecule has 3 aromatic carbocycles. The van der Waals surface area contributed by atoms with Crippen LogP contribution in [0.4, 0.5) is 17.1 Å². The minimum atomic E-state index is -0.628. The lowest BCUT2D eigenvalue weighted by Gasteiger charge is -2.20. The second-order valence-electron chi connectivity index (χ2n) is 10.6. The summed E-state index contributed by atoms with van der Waals surface area (Å²) in [6, 6.07) is 21.2. The van der Waals surface area contributed by atoms with Crippen molar-refractivity contribution in [3.63, 3.8) is 0 Å². The Morgan fingerprint density at radius 1 is 0.583 bits per heavy atom. The summed E-state index contributed by atoms with van der Waals surface area (Å²) < 4.78 is 5.79. The van der Waals surface area contributed by atoms with E-state index >= 15 is 0 Å². The molecule has 0 heterocycles. The van der Waals surface area contributed by atoms with E-state index in [0.29, 0.717) is 28.6 Å². The number of carbonyl (C=O) groups excluding carboxylic acids is 3. The van der Waals surface area contributed by atoms with Crippen LogP contribution in [0.2, 0.25) is 0 Å². The number of para-hydroxylation sites is 1. The van der Waals surface area contributed by atoms with E-state index in [1.165, 1.54) is 0 Å². The summed E-state index contributed by atoms with van der Waals surface area (Å²) in [7, 11) is 0. The topological polar surface area (TPSA) is 96.5 Å². The number of hydrogen-bond acceptors (Lipinski definition) is 4. The molecule has 0 atom stereocenters. The Morgan fingerprint density at radius 2 is 1.06 bits per heavy atom. The van der Waals surface area contributed by atoms with Gasteiger partial charge in [0.05, 0.1) is 0 Å². The minimum absolute atomic E-state index is 0.206. The molecular weight excluding hydrogens is 454 g/mol. The zero-order chi connectivity index (χ0) is 26.5. The first-order valence-corrected chi connectivity index (χ1v) is 11.7. The van der Waals surface area contributed by atoms with Gasteiger partial charge in [0.1, 0.15) is 11.5 Å². The summed E-state index contributed by atoms with van der Waals surface area (Å²) in [6.45, 7) is 10.8. The molecule has 3 rings (SSSR count). The average Bonchev–Trinajstić information content (AvgIpc) is 2.79. The van der Waals surface area contributed by atoms with Gasteiger partial charge in [-0.2, -0.15) is 0 Å². The van der Waals surface area contributed by atoms with Gasteiger partial charge in [0.25, 0.3) is 5.91 Å². The van der Waals surface area contributed by atoms with Crippen LogP contribution in [0.1, 0.15) is 51.9 Å². The standard InChI is InChI=1S/C29H33N3O4/c1-28(2,3)26(34)31-21-16-19(17-22(18-21)32-27(35)29(4,5)6)25(33)30-20-12-14-24(15-13-20)36-23-10-8-7-9-11-23/h7-18H,1-6H3,(H,30,33)(H,31,34)(H,32,35). The molecule has 0 bridgehead atoms. The van der Waals surface area contributed by atoms with E-state index in [4.69, 9.17) is 4.74 Å². The number of nitrogens with one attached hydrogen (secondary N) is 3. The van der Waals surface area contributed by atoms with Crippen molar-refractivity contribution in [2.45, 2.75) is 41.5 Å². The molecule has 7 heteroatoms. The van der Waals surface area contributed by atoms with Crippen molar-refractivity contribution in [2.75, 3.05) is 16.0 Å². The van der Waals surface area contributed by atoms with Gasteiger partial charge in [0.2, 0.25) is 11.8 Å². The first-order chi connectivity index (χ1) is 16.8. The van der Waals surface area contributed by atoms with Gasteiger partial charge in [-0.3, -0.25) is 14.4 Å². The Kier molecular flexibility index (Phi) is 7.83. The van der Waals surface area contributed by atoms with Crippen LogP contribution in [0.5, 0.6) is 11.5 Å². The number of ether oxygens (including phenoxy) is 1. The van der Waals surface area contributed by atoms with Crippen molar-refractivity contribution < 1.29 is 19.1 Å². The van der Waals surface area contributed by atoms with Gasteiger partial charge in [-0.25, -0.2) is 0 Å². The highest BCUT2D eigenvalue weighted by Crippen LogP contribution is 2.26. The Bertz CT molecular complexity index is 1190. The quantitative estimate of drug-likeness (QED) is 0.360. The molecule has 0 aromatic heterocycles. The van der Waals surface area contributed by atoms with Gasteiger partial charge in [-0.05, 0) is 54.6 Å². The fraction of sp³-hybridized carbons (Fsp3) is 0.276. The number of benzene rings is 3. The smallest absolute Gasteiger partial charge is 0.255 e. The van der Waals surface area contributed by atoms with Crippen molar-refractivity contribution in [2.24, 2.45) is 10.8 Å². The maximum absolute atomic E-state index is 13.1. The zero-order valence-electron chi connectivity index (χ0n) is 21.6. The number of rotatable bonds is 6. The van der Waals surface area contributed by atoms with Crippen LogP contribution in [0, 0.1) is 10.8 Å². The number of anilines is 3. The third kappa shape index (κ3) is 7.43. The van der Waals surface area contributed by atoms with E-state index in [2.05, 4.69) is 16.0 Å². The monoisotopic (exact) mass is 487 g/mol. The van der Waals surface area contributed by atoms with Crippen LogP contribution in [0.25, 0.3) is 0 Å². The highest BCUT2D eigenvalue weighted by molar-refractivity contribution is 6.07. The molecule has 0 radical (unpaired) electrons. The third-order valence-electron chi connectivity index (χ3n) is 5.16. The minimum Gasteiger partial charge on any atom is -0.457 e. The van der Waals surface area contributed by atoms with Crippen LogP contribution in [-0.2, 0) is 9.59 Å². The summed E-state index contributed by atoms with van der Waals surface area (Å²) in [5.74, 6) is 0.556. The molecule has 0 aliphatic carbocycles.